The van der Waals surface area contributed by atoms with Crippen LogP contribution in [0.4, 0.5) is 5.69 Å². The van der Waals surface area contributed by atoms with Gasteiger partial charge in [-0.25, -0.2) is 8.42 Å². The second kappa shape index (κ2) is 5.69. The van der Waals surface area contributed by atoms with Crippen LogP contribution in [0, 0.1) is 13.0 Å². The molecule has 0 spiro atoms. The van der Waals surface area contributed by atoms with Crippen LogP contribution in [-0.4, -0.2) is 55.3 Å². The Morgan fingerprint density at radius 1 is 1.27 bits per heavy atom. The van der Waals surface area contributed by atoms with Gasteiger partial charge in [0.25, 0.3) is 0 Å². The summed E-state index contributed by atoms with van der Waals surface area (Å²) in [5, 5.41) is 3.96. The van der Waals surface area contributed by atoms with Crippen LogP contribution in [0.5, 0.6) is 0 Å². The number of rotatable bonds is 3. The van der Waals surface area contributed by atoms with Crippen LogP contribution in [0.15, 0.2) is 22.7 Å². The summed E-state index contributed by atoms with van der Waals surface area (Å²) in [4.78, 5) is 6.40. The average molecular weight is 321 g/mol. The first-order valence-corrected chi connectivity index (χ1v) is 8.81. The minimum absolute atomic E-state index is 0.474. The van der Waals surface area contributed by atoms with Crippen LogP contribution in [-0.2, 0) is 10.0 Å². The van der Waals surface area contributed by atoms with Gasteiger partial charge in [-0.3, -0.25) is 0 Å². The van der Waals surface area contributed by atoms with Crippen molar-refractivity contribution < 1.29 is 12.9 Å². The fraction of sp³-hybridized carbons (Fsp3) is 0.429. The Balaban J connectivity index is 1.85. The maximum absolute atomic E-state index is 11.6. The predicted molar refractivity (Wildman–Crippen MR) is 81.9 cm³/mol. The second-order valence-electron chi connectivity index (χ2n) is 5.23. The Kier molecular flexibility index (Phi) is 3.88. The topological polar surface area (TPSA) is 79.5 Å². The number of benzene rings is 1. The molecule has 1 radical (unpaired) electrons. The summed E-state index contributed by atoms with van der Waals surface area (Å²) in [7, 11) is -3.13. The molecule has 1 aromatic carbocycles. The maximum atomic E-state index is 11.6. The van der Waals surface area contributed by atoms with Gasteiger partial charge in [0.1, 0.15) is 0 Å². The third-order valence-corrected chi connectivity index (χ3v) is 4.96. The first-order valence-electron chi connectivity index (χ1n) is 6.96. The van der Waals surface area contributed by atoms with E-state index in [1.54, 1.807) is 6.92 Å². The van der Waals surface area contributed by atoms with Crippen LogP contribution in [0.2, 0.25) is 0 Å². The Labute approximate surface area is 129 Å². The van der Waals surface area contributed by atoms with Crippen molar-refractivity contribution in [1.29, 1.82) is 0 Å². The lowest BCUT2D eigenvalue weighted by atomic mass is 10.1. The minimum atomic E-state index is -3.13. The van der Waals surface area contributed by atoms with Crippen molar-refractivity contribution in [2.24, 2.45) is 0 Å². The molecule has 7 nitrogen and oxygen atoms in total. The van der Waals surface area contributed by atoms with Gasteiger partial charge in [0.05, 0.1) is 6.26 Å². The van der Waals surface area contributed by atoms with E-state index in [1.807, 2.05) is 18.2 Å². The monoisotopic (exact) mass is 321 g/mol. The molecule has 8 heteroatoms. The van der Waals surface area contributed by atoms with E-state index in [0.717, 1.165) is 11.3 Å². The van der Waals surface area contributed by atoms with Crippen LogP contribution in [0.1, 0.15) is 5.89 Å². The molecule has 1 aliphatic heterocycles. The van der Waals surface area contributed by atoms with E-state index >= 15 is 0 Å². The SMILES string of the molecule is Cc1nc(-c2c[c]ccc2N2CCN(S(C)(=O)=O)CC2)no1. The molecule has 0 unspecified atom stereocenters. The number of aryl methyl sites for hydroxylation is 1. The van der Waals surface area contributed by atoms with Gasteiger partial charge < -0.3 is 9.42 Å². The first kappa shape index (κ1) is 15.0. The average Bonchev–Trinajstić information content (AvgIpc) is 2.93. The number of anilines is 1. The molecule has 0 N–H and O–H groups in total. The standard InChI is InChI=1S/C14H17N4O3S/c1-11-15-14(16-21-11)12-5-3-4-6-13(12)17-7-9-18(10-8-17)22(2,19)20/h4-6H,7-10H2,1-2H3. The van der Waals surface area contributed by atoms with E-state index in [1.165, 1.54) is 10.6 Å². The molecule has 22 heavy (non-hydrogen) atoms. The smallest absolute Gasteiger partial charge is 0.223 e. The zero-order valence-electron chi connectivity index (χ0n) is 12.5. The molecule has 1 saturated heterocycles. The first-order chi connectivity index (χ1) is 10.4. The van der Waals surface area contributed by atoms with Gasteiger partial charge in [0, 0.05) is 44.4 Å². The van der Waals surface area contributed by atoms with Gasteiger partial charge in [-0.1, -0.05) is 11.2 Å². The highest BCUT2D eigenvalue weighted by Crippen LogP contribution is 2.29. The molecule has 0 saturated carbocycles. The molecule has 2 aromatic rings. The highest BCUT2D eigenvalue weighted by atomic mass is 32.2. The molecule has 1 fully saturated rings. The Hall–Kier alpha value is -1.93. The number of hydrogen-bond donors (Lipinski definition) is 0. The van der Waals surface area contributed by atoms with Crippen LogP contribution < -0.4 is 4.90 Å². The predicted octanol–water partition coefficient (Wildman–Crippen LogP) is 0.927. The van der Waals surface area contributed by atoms with Crippen molar-refractivity contribution in [3.05, 3.63) is 30.2 Å². The summed E-state index contributed by atoms with van der Waals surface area (Å²) in [5.41, 5.74) is 1.81. The third-order valence-electron chi connectivity index (χ3n) is 3.66. The zero-order chi connectivity index (χ0) is 15.7. The van der Waals surface area contributed by atoms with Gasteiger partial charge in [-0.15, -0.1) is 0 Å². The minimum Gasteiger partial charge on any atom is -0.368 e. The van der Waals surface area contributed by atoms with Gasteiger partial charge in [-0.05, 0) is 18.2 Å². The zero-order valence-corrected chi connectivity index (χ0v) is 13.3. The highest BCUT2D eigenvalue weighted by molar-refractivity contribution is 7.88. The van der Waals surface area contributed by atoms with Crippen molar-refractivity contribution in [3.8, 4) is 11.4 Å². The molecule has 0 bridgehead atoms. The lowest BCUT2D eigenvalue weighted by molar-refractivity contribution is 0.388. The maximum Gasteiger partial charge on any atom is 0.223 e. The van der Waals surface area contributed by atoms with Gasteiger partial charge in [-0.2, -0.15) is 9.29 Å². The second-order valence-corrected chi connectivity index (χ2v) is 7.21. The molecule has 117 valence electrons. The van der Waals surface area contributed by atoms with Crippen LogP contribution in [0.25, 0.3) is 11.4 Å². The van der Waals surface area contributed by atoms with Crippen molar-refractivity contribution in [2.75, 3.05) is 37.3 Å². The Morgan fingerprint density at radius 2 is 2.00 bits per heavy atom. The fourth-order valence-corrected chi connectivity index (χ4v) is 3.37. The summed E-state index contributed by atoms with van der Waals surface area (Å²) in [6.07, 6.45) is 1.24. The normalized spacial score (nSPS) is 16.9. The summed E-state index contributed by atoms with van der Waals surface area (Å²) >= 11 is 0. The number of piperazine rings is 1. The number of hydrogen-bond acceptors (Lipinski definition) is 6. The molecule has 1 aromatic heterocycles. The summed E-state index contributed by atoms with van der Waals surface area (Å²) < 4.78 is 29.7. The van der Waals surface area contributed by atoms with Crippen molar-refractivity contribution in [3.63, 3.8) is 0 Å². The molecule has 0 atom stereocenters. The van der Waals surface area contributed by atoms with E-state index in [-0.39, 0.29) is 0 Å². The largest absolute Gasteiger partial charge is 0.368 e. The van der Waals surface area contributed by atoms with Gasteiger partial charge >= 0.3 is 0 Å². The quantitative estimate of drug-likeness (QED) is 0.836. The number of sulfonamides is 1. The van der Waals surface area contributed by atoms with Crippen LogP contribution in [0.3, 0.4) is 0 Å². The van der Waals surface area contributed by atoms with Gasteiger partial charge in [0.2, 0.25) is 21.7 Å². The molecule has 3 rings (SSSR count). The van der Waals surface area contributed by atoms with Crippen molar-refractivity contribution >= 4 is 15.7 Å². The molecular weight excluding hydrogens is 304 g/mol. The Bertz CT molecular complexity index is 764. The molecule has 0 aliphatic carbocycles. The fourth-order valence-electron chi connectivity index (χ4n) is 2.55. The summed E-state index contributed by atoms with van der Waals surface area (Å²) in [6.45, 7) is 3.94. The molecule has 2 heterocycles. The summed E-state index contributed by atoms with van der Waals surface area (Å²) in [6, 6.07) is 8.62. The molecule has 0 amide bonds. The number of aromatic nitrogens is 2. The van der Waals surface area contributed by atoms with Gasteiger partial charge in [0.15, 0.2) is 0 Å². The molecule has 1 aliphatic rings. The van der Waals surface area contributed by atoms with E-state index in [4.69, 9.17) is 4.52 Å². The summed E-state index contributed by atoms with van der Waals surface area (Å²) in [5.74, 6) is 1.03. The third kappa shape index (κ3) is 2.97. The van der Waals surface area contributed by atoms with Crippen LogP contribution >= 0.6 is 0 Å². The lowest BCUT2D eigenvalue weighted by Gasteiger charge is -2.35. The molecular formula is C14H17N4O3S. The highest BCUT2D eigenvalue weighted by Gasteiger charge is 2.25. The van der Waals surface area contributed by atoms with E-state index in [0.29, 0.717) is 37.9 Å². The van der Waals surface area contributed by atoms with Crippen molar-refractivity contribution in [1.82, 2.24) is 14.4 Å². The lowest BCUT2D eigenvalue weighted by Crippen LogP contribution is -2.48. The Morgan fingerprint density at radius 3 is 2.59 bits per heavy atom. The number of nitrogens with zero attached hydrogens (tertiary/aromatic N) is 4. The van der Waals surface area contributed by atoms with E-state index in [9.17, 15) is 8.42 Å². The van der Waals surface area contributed by atoms with Crippen molar-refractivity contribution in [2.45, 2.75) is 6.92 Å². The van der Waals surface area contributed by atoms with E-state index < -0.39 is 10.0 Å². The van der Waals surface area contributed by atoms with E-state index in [2.05, 4.69) is 21.1 Å².